The Hall–Kier alpha value is -1.55. The highest BCUT2D eigenvalue weighted by molar-refractivity contribution is 6.31. The van der Waals surface area contributed by atoms with Crippen LogP contribution in [0.4, 0.5) is 0 Å². The first-order chi connectivity index (χ1) is 18.8. The van der Waals surface area contributed by atoms with Crippen molar-refractivity contribution in [3.8, 4) is 0 Å². The predicted molar refractivity (Wildman–Crippen MR) is 165 cm³/mol. The summed E-state index contributed by atoms with van der Waals surface area (Å²) in [5.41, 5.74) is 3.05. The summed E-state index contributed by atoms with van der Waals surface area (Å²) >= 11 is 19.2. The number of methoxy groups -OCH3 is 1. The van der Waals surface area contributed by atoms with Gasteiger partial charge in [-0.15, -0.1) is 0 Å². The van der Waals surface area contributed by atoms with E-state index >= 15 is 0 Å². The molecule has 1 atom stereocenters. The third-order valence-corrected chi connectivity index (χ3v) is 9.67. The van der Waals surface area contributed by atoms with Crippen molar-refractivity contribution < 1.29 is 9.47 Å². The molecule has 1 aliphatic rings. The van der Waals surface area contributed by atoms with Crippen molar-refractivity contribution in [2.24, 2.45) is 17.3 Å². The van der Waals surface area contributed by atoms with E-state index in [-0.39, 0.29) is 5.41 Å². The predicted octanol–water partition coefficient (Wildman–Crippen LogP) is 10.3. The monoisotopic (exact) mass is 586 g/mol. The Morgan fingerprint density at radius 3 is 1.49 bits per heavy atom. The van der Waals surface area contributed by atoms with Crippen LogP contribution in [0.2, 0.25) is 15.1 Å². The minimum atomic E-state index is -0.438. The van der Waals surface area contributed by atoms with Crippen LogP contribution in [-0.4, -0.2) is 26.9 Å². The van der Waals surface area contributed by atoms with Crippen molar-refractivity contribution in [1.29, 1.82) is 0 Å². The number of rotatable bonds is 12. The lowest BCUT2D eigenvalue weighted by Crippen LogP contribution is -2.43. The summed E-state index contributed by atoms with van der Waals surface area (Å²) in [4.78, 5) is 0. The Morgan fingerprint density at radius 2 is 1.10 bits per heavy atom. The van der Waals surface area contributed by atoms with Crippen LogP contribution in [0.15, 0.2) is 72.8 Å². The fourth-order valence-corrected chi connectivity index (χ4v) is 7.04. The van der Waals surface area contributed by atoms with Crippen molar-refractivity contribution in [2.75, 3.05) is 26.9 Å². The Kier molecular flexibility index (Phi) is 10.8. The first-order valence-corrected chi connectivity index (χ1v) is 15.3. The summed E-state index contributed by atoms with van der Waals surface area (Å²) in [5.74, 6) is 1.34. The lowest BCUT2D eigenvalue weighted by molar-refractivity contribution is -0.0618. The summed E-state index contributed by atoms with van der Waals surface area (Å²) in [7, 11) is 1.83. The molecular weight excluding hydrogens is 547 g/mol. The van der Waals surface area contributed by atoms with Crippen LogP contribution in [0.1, 0.15) is 69.1 Å². The molecule has 0 radical (unpaired) electrons. The Balaban J connectivity index is 1.87. The summed E-state index contributed by atoms with van der Waals surface area (Å²) in [6.45, 7) is 6.55. The molecule has 0 aromatic heterocycles. The van der Waals surface area contributed by atoms with Crippen molar-refractivity contribution in [3.05, 3.63) is 105 Å². The van der Waals surface area contributed by atoms with Gasteiger partial charge in [0.05, 0.1) is 13.2 Å². The standard InChI is InChI=1S/C34H41Cl3O2/c1-4-39-24-33(23-38-3,26-7-5-25(2)6-8-26)21-22-34(27-9-15-30(35)16-10-27,28-11-17-31(36)18-12-28)29-13-19-32(37)20-14-29/h9-20,25-26H,4-8,21-24H2,1-3H3. The first kappa shape index (κ1) is 30.4. The number of halogens is 3. The number of hydrogen-bond donors (Lipinski definition) is 0. The Bertz CT molecular complexity index is 1040. The molecule has 0 saturated heterocycles. The van der Waals surface area contributed by atoms with Crippen molar-refractivity contribution >= 4 is 34.8 Å². The molecule has 1 unspecified atom stereocenters. The molecule has 0 heterocycles. The summed E-state index contributed by atoms with van der Waals surface area (Å²) in [5, 5.41) is 2.17. The van der Waals surface area contributed by atoms with Gasteiger partial charge in [0.2, 0.25) is 0 Å². The van der Waals surface area contributed by atoms with E-state index in [0.717, 1.165) is 33.8 Å². The fourth-order valence-electron chi connectivity index (χ4n) is 6.66. The molecule has 2 nitrogen and oxygen atoms in total. The zero-order valence-corrected chi connectivity index (χ0v) is 25.7. The van der Waals surface area contributed by atoms with Gasteiger partial charge in [-0.2, -0.15) is 0 Å². The van der Waals surface area contributed by atoms with E-state index in [2.05, 4.69) is 50.2 Å². The van der Waals surface area contributed by atoms with Gasteiger partial charge < -0.3 is 9.47 Å². The molecule has 0 N–H and O–H groups in total. The summed E-state index contributed by atoms with van der Waals surface area (Å²) in [6, 6.07) is 24.9. The van der Waals surface area contributed by atoms with E-state index < -0.39 is 5.41 Å². The molecule has 3 aromatic carbocycles. The number of benzene rings is 3. The van der Waals surface area contributed by atoms with Crippen LogP contribution < -0.4 is 0 Å². The van der Waals surface area contributed by atoms with Gasteiger partial charge in [0.25, 0.3) is 0 Å². The third kappa shape index (κ3) is 7.03. The van der Waals surface area contributed by atoms with E-state index in [1.54, 1.807) is 0 Å². The third-order valence-electron chi connectivity index (χ3n) is 8.92. The molecule has 4 rings (SSSR count). The normalized spacial score (nSPS) is 19.5. The van der Waals surface area contributed by atoms with Gasteiger partial charge in [-0.1, -0.05) is 91.0 Å². The van der Waals surface area contributed by atoms with Gasteiger partial charge in [0, 0.05) is 39.6 Å². The molecule has 0 aliphatic heterocycles. The molecule has 0 bridgehead atoms. The molecule has 1 fully saturated rings. The fraction of sp³-hybridized carbons (Fsp3) is 0.471. The Labute approximate surface area is 250 Å². The lowest BCUT2D eigenvalue weighted by atomic mass is 9.60. The minimum Gasteiger partial charge on any atom is -0.384 e. The van der Waals surface area contributed by atoms with Crippen LogP contribution in [0.25, 0.3) is 0 Å². The van der Waals surface area contributed by atoms with Gasteiger partial charge in [0.15, 0.2) is 0 Å². The van der Waals surface area contributed by atoms with Gasteiger partial charge in [-0.25, -0.2) is 0 Å². The van der Waals surface area contributed by atoms with Crippen LogP contribution in [0.5, 0.6) is 0 Å². The van der Waals surface area contributed by atoms with Gasteiger partial charge >= 0.3 is 0 Å². The summed E-state index contributed by atoms with van der Waals surface area (Å²) < 4.78 is 12.2. The highest BCUT2D eigenvalue weighted by atomic mass is 35.5. The molecule has 0 amide bonds. The van der Waals surface area contributed by atoms with Crippen LogP contribution in [0.3, 0.4) is 0 Å². The molecule has 1 aliphatic carbocycles. The lowest BCUT2D eigenvalue weighted by Gasteiger charge is -2.46. The molecule has 5 heteroatoms. The largest absolute Gasteiger partial charge is 0.384 e. The topological polar surface area (TPSA) is 18.5 Å². The van der Waals surface area contributed by atoms with Crippen molar-refractivity contribution in [2.45, 2.75) is 57.8 Å². The average Bonchev–Trinajstić information content (AvgIpc) is 2.94. The van der Waals surface area contributed by atoms with E-state index in [9.17, 15) is 0 Å². The zero-order chi connectivity index (χ0) is 27.9. The molecule has 39 heavy (non-hydrogen) atoms. The van der Waals surface area contributed by atoms with Gasteiger partial charge in [-0.05, 0) is 97.5 Å². The smallest absolute Gasteiger partial charge is 0.0547 e. The second-order valence-corrected chi connectivity index (χ2v) is 12.6. The maximum Gasteiger partial charge on any atom is 0.0547 e. The summed E-state index contributed by atoms with van der Waals surface area (Å²) in [6.07, 6.45) is 6.78. The minimum absolute atomic E-state index is 0.0819. The SMILES string of the molecule is CCOCC(CCC(c1ccc(Cl)cc1)(c1ccc(Cl)cc1)c1ccc(Cl)cc1)(COC)C1CCC(C)CC1. The van der Waals surface area contributed by atoms with Gasteiger partial charge in [0.1, 0.15) is 0 Å². The van der Waals surface area contributed by atoms with E-state index in [0.29, 0.717) is 25.7 Å². The second kappa shape index (κ2) is 13.9. The maximum atomic E-state index is 6.39. The molecule has 3 aromatic rings. The van der Waals surface area contributed by atoms with Crippen LogP contribution in [0, 0.1) is 17.3 Å². The van der Waals surface area contributed by atoms with Crippen molar-refractivity contribution in [3.63, 3.8) is 0 Å². The zero-order valence-electron chi connectivity index (χ0n) is 23.4. The second-order valence-electron chi connectivity index (χ2n) is 11.3. The number of hydrogen-bond acceptors (Lipinski definition) is 2. The van der Waals surface area contributed by atoms with E-state index in [4.69, 9.17) is 44.3 Å². The Morgan fingerprint density at radius 1 is 0.667 bits per heavy atom. The molecule has 210 valence electrons. The number of ether oxygens (including phenoxy) is 2. The molecular formula is C34H41Cl3O2. The quantitative estimate of drug-likeness (QED) is 0.196. The van der Waals surface area contributed by atoms with Crippen molar-refractivity contribution in [1.82, 2.24) is 0 Å². The maximum absolute atomic E-state index is 6.39. The molecule has 1 saturated carbocycles. The first-order valence-electron chi connectivity index (χ1n) is 14.2. The average molecular weight is 588 g/mol. The van der Waals surface area contributed by atoms with E-state index in [1.165, 1.54) is 42.4 Å². The van der Waals surface area contributed by atoms with Gasteiger partial charge in [-0.3, -0.25) is 0 Å². The highest BCUT2D eigenvalue weighted by Crippen LogP contribution is 2.50. The van der Waals surface area contributed by atoms with E-state index in [1.807, 2.05) is 43.5 Å². The van der Waals surface area contributed by atoms with Crippen LogP contribution >= 0.6 is 34.8 Å². The molecule has 0 spiro atoms. The van der Waals surface area contributed by atoms with Crippen LogP contribution in [-0.2, 0) is 14.9 Å². The highest BCUT2D eigenvalue weighted by Gasteiger charge is 2.44.